The number of nitrogens with two attached hydrogens (primary N) is 1. The molecule has 0 aliphatic heterocycles. The minimum atomic E-state index is -2.94. The molecule has 0 spiro atoms. The highest BCUT2D eigenvalue weighted by molar-refractivity contribution is 5.78. The van der Waals surface area contributed by atoms with Crippen molar-refractivity contribution in [1.82, 2.24) is 9.55 Å². The second kappa shape index (κ2) is 6.87. The van der Waals surface area contributed by atoms with E-state index in [1.54, 1.807) is 6.92 Å². The van der Waals surface area contributed by atoms with Crippen molar-refractivity contribution in [3.63, 3.8) is 0 Å². The van der Waals surface area contributed by atoms with Crippen LogP contribution in [-0.2, 0) is 0 Å². The van der Waals surface area contributed by atoms with Gasteiger partial charge in [-0.25, -0.2) is 22.5 Å². The van der Waals surface area contributed by atoms with E-state index in [0.717, 1.165) is 22.8 Å². The molecule has 0 aliphatic rings. The van der Waals surface area contributed by atoms with Crippen molar-refractivity contribution in [2.45, 2.75) is 25.8 Å². The highest BCUT2D eigenvalue weighted by Crippen LogP contribution is 2.25. The molecule has 8 heteroatoms. The van der Waals surface area contributed by atoms with Crippen molar-refractivity contribution in [2.24, 2.45) is 5.73 Å². The molecule has 3 aromatic rings. The lowest BCUT2D eigenvalue weighted by Crippen LogP contribution is -2.29. The van der Waals surface area contributed by atoms with Gasteiger partial charge in [-0.05, 0) is 36.8 Å². The Morgan fingerprint density at radius 2 is 1.92 bits per heavy atom. The number of aromatic nitrogens is 2. The number of benzene rings is 2. The van der Waals surface area contributed by atoms with E-state index in [1.807, 2.05) is 0 Å². The summed E-state index contributed by atoms with van der Waals surface area (Å²) in [6.07, 6.45) is -2.56. The van der Waals surface area contributed by atoms with Gasteiger partial charge in [0.1, 0.15) is 22.8 Å². The Morgan fingerprint density at radius 3 is 2.58 bits per heavy atom. The second-order valence-corrected chi connectivity index (χ2v) is 5.80. The minimum absolute atomic E-state index is 0.0430. The molecule has 0 aliphatic carbocycles. The van der Waals surface area contributed by atoms with Gasteiger partial charge in [-0.3, -0.25) is 9.36 Å². The summed E-state index contributed by atoms with van der Waals surface area (Å²) < 4.78 is 55.0. The average Bonchev–Trinajstić information content (AvgIpc) is 2.60. The van der Waals surface area contributed by atoms with Gasteiger partial charge in [0.25, 0.3) is 12.0 Å². The molecule has 0 radical (unpaired) electrons. The summed E-state index contributed by atoms with van der Waals surface area (Å²) in [4.78, 5) is 17.1. The third kappa shape index (κ3) is 3.08. The monoisotopic (exact) mass is 365 g/mol. The molecule has 0 amide bonds. The second-order valence-electron chi connectivity index (χ2n) is 5.80. The first-order valence-electron chi connectivity index (χ1n) is 7.89. The third-order valence-electron chi connectivity index (χ3n) is 4.06. The molecule has 1 heterocycles. The molecule has 0 saturated carbocycles. The Morgan fingerprint density at radius 1 is 1.19 bits per heavy atom. The number of fused-ring (bicyclic) bond motifs is 1. The topological polar surface area (TPSA) is 60.9 Å². The molecule has 2 aromatic carbocycles. The van der Waals surface area contributed by atoms with Crippen molar-refractivity contribution < 1.29 is 17.6 Å². The normalized spacial score (nSPS) is 12.7. The molecular formula is C18H15F4N3O. The Labute approximate surface area is 145 Å². The first-order chi connectivity index (χ1) is 12.3. The summed E-state index contributed by atoms with van der Waals surface area (Å²) in [5, 5.41) is -0.317. The summed E-state index contributed by atoms with van der Waals surface area (Å²) in [6, 6.07) is 5.76. The zero-order chi connectivity index (χ0) is 19.0. The van der Waals surface area contributed by atoms with E-state index in [2.05, 4.69) is 4.98 Å². The Kier molecular flexibility index (Phi) is 4.78. The molecule has 1 aromatic heterocycles. The van der Waals surface area contributed by atoms with Crippen LogP contribution in [0.25, 0.3) is 16.6 Å². The summed E-state index contributed by atoms with van der Waals surface area (Å²) in [7, 11) is 0. The van der Waals surface area contributed by atoms with Crippen molar-refractivity contribution in [3.05, 3.63) is 69.8 Å². The fourth-order valence-corrected chi connectivity index (χ4v) is 2.74. The van der Waals surface area contributed by atoms with Gasteiger partial charge in [0.2, 0.25) is 0 Å². The van der Waals surface area contributed by atoms with Crippen LogP contribution in [0, 0.1) is 11.6 Å². The molecule has 3 rings (SSSR count). The number of alkyl halides is 2. The first-order valence-corrected chi connectivity index (χ1v) is 7.89. The van der Waals surface area contributed by atoms with Gasteiger partial charge >= 0.3 is 0 Å². The van der Waals surface area contributed by atoms with Crippen LogP contribution in [0.4, 0.5) is 17.6 Å². The molecule has 0 fully saturated rings. The lowest BCUT2D eigenvalue weighted by atomic mass is 10.1. The maximum absolute atomic E-state index is 14.2. The average molecular weight is 365 g/mol. The van der Waals surface area contributed by atoms with Gasteiger partial charge in [0.05, 0.1) is 17.2 Å². The molecule has 4 nitrogen and oxygen atoms in total. The van der Waals surface area contributed by atoms with E-state index in [-0.39, 0.29) is 22.4 Å². The van der Waals surface area contributed by atoms with Gasteiger partial charge in [0.15, 0.2) is 0 Å². The zero-order valence-electron chi connectivity index (χ0n) is 13.7. The number of hydrogen-bond acceptors (Lipinski definition) is 3. The van der Waals surface area contributed by atoms with Crippen molar-refractivity contribution in [3.8, 4) is 5.69 Å². The third-order valence-corrected chi connectivity index (χ3v) is 4.06. The minimum Gasteiger partial charge on any atom is -0.321 e. The van der Waals surface area contributed by atoms with Crippen molar-refractivity contribution in [1.29, 1.82) is 0 Å². The van der Waals surface area contributed by atoms with Crippen molar-refractivity contribution >= 4 is 10.9 Å². The van der Waals surface area contributed by atoms with Gasteiger partial charge in [-0.15, -0.1) is 0 Å². The number of hydrogen-bond donors (Lipinski definition) is 1. The van der Waals surface area contributed by atoms with Crippen molar-refractivity contribution in [2.75, 3.05) is 0 Å². The molecule has 1 atom stereocenters. The van der Waals surface area contributed by atoms with E-state index >= 15 is 0 Å². The van der Waals surface area contributed by atoms with Crippen LogP contribution in [0.5, 0.6) is 0 Å². The first kappa shape index (κ1) is 18.1. The van der Waals surface area contributed by atoms with E-state index in [1.165, 1.54) is 12.1 Å². The Hall–Kier alpha value is -2.74. The summed E-state index contributed by atoms with van der Waals surface area (Å²) in [5.41, 5.74) is 4.49. The molecule has 0 saturated heterocycles. The van der Waals surface area contributed by atoms with Crippen LogP contribution in [0.1, 0.15) is 37.2 Å². The van der Waals surface area contributed by atoms with Gasteiger partial charge in [-0.1, -0.05) is 13.0 Å². The number of nitrogens with zero attached hydrogens (tertiary/aromatic N) is 2. The number of rotatable bonds is 4. The largest absolute Gasteiger partial charge is 0.321 e. The van der Waals surface area contributed by atoms with Gasteiger partial charge in [0, 0.05) is 5.56 Å². The zero-order valence-corrected chi connectivity index (χ0v) is 13.7. The highest BCUT2D eigenvalue weighted by Gasteiger charge is 2.21. The molecule has 2 N–H and O–H groups in total. The Bertz CT molecular complexity index is 1030. The lowest BCUT2D eigenvalue weighted by Gasteiger charge is -2.18. The SMILES string of the molecule is CCC(N)c1nc2cccc(F)c2c(=O)n1-c1cc(F)cc(C(F)F)c1. The smallest absolute Gasteiger partial charge is 0.269 e. The predicted octanol–water partition coefficient (Wildman–Crippen LogP) is 4.01. The van der Waals surface area contributed by atoms with E-state index < -0.39 is 35.2 Å². The summed E-state index contributed by atoms with van der Waals surface area (Å²) in [6.45, 7) is 1.74. The molecule has 1 unspecified atom stereocenters. The molecular weight excluding hydrogens is 350 g/mol. The quantitative estimate of drug-likeness (QED) is 0.711. The summed E-state index contributed by atoms with van der Waals surface area (Å²) in [5.74, 6) is -1.72. The lowest BCUT2D eigenvalue weighted by molar-refractivity contribution is 0.151. The molecule has 136 valence electrons. The van der Waals surface area contributed by atoms with E-state index in [9.17, 15) is 22.4 Å². The van der Waals surface area contributed by atoms with Gasteiger partial charge < -0.3 is 5.73 Å². The van der Waals surface area contributed by atoms with Crippen LogP contribution in [0.15, 0.2) is 41.2 Å². The van der Waals surface area contributed by atoms with E-state index in [4.69, 9.17) is 5.73 Å². The maximum Gasteiger partial charge on any atom is 0.269 e. The predicted molar refractivity (Wildman–Crippen MR) is 89.4 cm³/mol. The number of halogens is 4. The standard InChI is InChI=1S/C18H15F4N3O/c1-2-13(23)17-24-14-5-3-4-12(20)15(14)18(26)25(17)11-7-9(16(21)22)6-10(19)8-11/h3-8,13,16H,2,23H2,1H3. The maximum atomic E-state index is 14.2. The van der Waals surface area contributed by atoms with Crippen LogP contribution in [0.2, 0.25) is 0 Å². The highest BCUT2D eigenvalue weighted by atomic mass is 19.3. The fraction of sp³-hybridized carbons (Fsp3) is 0.222. The van der Waals surface area contributed by atoms with Crippen LogP contribution in [0.3, 0.4) is 0 Å². The summed E-state index contributed by atoms with van der Waals surface area (Å²) >= 11 is 0. The van der Waals surface area contributed by atoms with E-state index in [0.29, 0.717) is 12.5 Å². The fourth-order valence-electron chi connectivity index (χ4n) is 2.74. The van der Waals surface area contributed by atoms with Gasteiger partial charge in [-0.2, -0.15) is 0 Å². The molecule has 26 heavy (non-hydrogen) atoms. The Balaban J connectivity index is 2.43. The van der Waals surface area contributed by atoms with Crippen LogP contribution < -0.4 is 11.3 Å². The van der Waals surface area contributed by atoms with Crippen LogP contribution >= 0.6 is 0 Å². The van der Waals surface area contributed by atoms with Crippen LogP contribution in [-0.4, -0.2) is 9.55 Å². The molecule has 0 bridgehead atoms.